The van der Waals surface area contributed by atoms with Crippen LogP contribution in [-0.2, 0) is 20.5 Å². The first-order valence-electron chi connectivity index (χ1n) is 11.4. The molecule has 2 aliphatic rings. The van der Waals surface area contributed by atoms with E-state index in [1.54, 1.807) is 0 Å². The summed E-state index contributed by atoms with van der Waals surface area (Å²) in [6.07, 6.45) is -1.29. The standard InChI is InChI=1S/C23H33F3N4O3/c1-15(2)12-29(13-16-4-3-5-16)20(11-27)22(32)28-17-6-7-19(18(10-17)23(24,25)26)30-8-9-33-14-21(30)31/h6-7,10,15-16,20H,3-5,8-9,11-14,27H2,1-2H3,(H,28,32)/t20-/m1/s1. The number of ether oxygens (including phenoxy) is 1. The van der Waals surface area contributed by atoms with Gasteiger partial charge in [0.2, 0.25) is 5.91 Å². The van der Waals surface area contributed by atoms with Crippen LogP contribution in [0.5, 0.6) is 0 Å². The minimum atomic E-state index is -4.70. The molecule has 0 radical (unpaired) electrons. The zero-order valence-corrected chi connectivity index (χ0v) is 19.2. The van der Waals surface area contributed by atoms with E-state index in [1.165, 1.54) is 18.6 Å². The molecule has 3 N–H and O–H groups in total. The number of carbonyl (C=O) groups is 2. The number of hydrogen-bond donors (Lipinski definition) is 2. The lowest BCUT2D eigenvalue weighted by Crippen LogP contribution is -2.52. The second-order valence-electron chi connectivity index (χ2n) is 9.21. The molecule has 2 fully saturated rings. The minimum Gasteiger partial charge on any atom is -0.370 e. The molecule has 3 rings (SSSR count). The Balaban J connectivity index is 1.81. The summed E-state index contributed by atoms with van der Waals surface area (Å²) in [4.78, 5) is 28.3. The Hall–Kier alpha value is -2.17. The largest absolute Gasteiger partial charge is 0.418 e. The molecule has 0 unspecified atom stereocenters. The van der Waals surface area contributed by atoms with Gasteiger partial charge in [-0.05, 0) is 42.9 Å². The van der Waals surface area contributed by atoms with E-state index in [0.29, 0.717) is 18.4 Å². The molecule has 1 aliphatic carbocycles. The van der Waals surface area contributed by atoms with Gasteiger partial charge in [0, 0.05) is 31.9 Å². The lowest BCUT2D eigenvalue weighted by atomic mass is 9.84. The van der Waals surface area contributed by atoms with E-state index in [1.807, 2.05) is 0 Å². The summed E-state index contributed by atoms with van der Waals surface area (Å²) in [5.41, 5.74) is 4.74. The second kappa shape index (κ2) is 10.8. The summed E-state index contributed by atoms with van der Waals surface area (Å²) >= 11 is 0. The van der Waals surface area contributed by atoms with Gasteiger partial charge in [-0.25, -0.2) is 0 Å². The van der Waals surface area contributed by atoms with Gasteiger partial charge in [-0.1, -0.05) is 20.3 Å². The zero-order valence-electron chi connectivity index (χ0n) is 19.2. The van der Waals surface area contributed by atoms with Crippen LogP contribution in [0.15, 0.2) is 18.2 Å². The molecule has 0 aromatic heterocycles. The Morgan fingerprint density at radius 3 is 2.61 bits per heavy atom. The monoisotopic (exact) mass is 470 g/mol. The molecule has 10 heteroatoms. The van der Waals surface area contributed by atoms with Crippen molar-refractivity contribution in [3.05, 3.63) is 23.8 Å². The van der Waals surface area contributed by atoms with Gasteiger partial charge in [0.15, 0.2) is 0 Å². The van der Waals surface area contributed by atoms with Crippen LogP contribution in [0.3, 0.4) is 0 Å². The lowest BCUT2D eigenvalue weighted by molar-refractivity contribution is -0.137. The van der Waals surface area contributed by atoms with Crippen LogP contribution in [0.4, 0.5) is 24.5 Å². The average molecular weight is 471 g/mol. The molecule has 1 aromatic rings. The predicted molar refractivity (Wildman–Crippen MR) is 120 cm³/mol. The van der Waals surface area contributed by atoms with Gasteiger partial charge in [0.25, 0.3) is 5.91 Å². The summed E-state index contributed by atoms with van der Waals surface area (Å²) in [6, 6.07) is 2.85. The topological polar surface area (TPSA) is 87.9 Å². The summed E-state index contributed by atoms with van der Waals surface area (Å²) in [7, 11) is 0. The highest BCUT2D eigenvalue weighted by Gasteiger charge is 2.37. The molecule has 7 nitrogen and oxygen atoms in total. The number of carbonyl (C=O) groups excluding carboxylic acids is 2. The molecule has 184 valence electrons. The third-order valence-corrected chi connectivity index (χ3v) is 6.13. The summed E-state index contributed by atoms with van der Waals surface area (Å²) in [5, 5.41) is 2.62. The SMILES string of the molecule is CC(C)CN(CC1CCC1)[C@H](CN)C(=O)Nc1ccc(N2CCOCC2=O)c(C(F)(F)F)c1. The third kappa shape index (κ3) is 6.45. The van der Waals surface area contributed by atoms with Crippen molar-refractivity contribution < 1.29 is 27.5 Å². The van der Waals surface area contributed by atoms with E-state index in [9.17, 15) is 22.8 Å². The van der Waals surface area contributed by atoms with Crippen molar-refractivity contribution in [2.24, 2.45) is 17.6 Å². The highest BCUT2D eigenvalue weighted by molar-refractivity contribution is 5.98. The number of morpholine rings is 1. The van der Waals surface area contributed by atoms with Crippen LogP contribution < -0.4 is 16.0 Å². The van der Waals surface area contributed by atoms with E-state index in [-0.39, 0.29) is 37.7 Å². The molecular weight excluding hydrogens is 437 g/mol. The van der Waals surface area contributed by atoms with E-state index >= 15 is 0 Å². The first-order chi connectivity index (χ1) is 15.6. The Morgan fingerprint density at radius 1 is 1.33 bits per heavy atom. The quantitative estimate of drug-likeness (QED) is 0.579. The molecular formula is C23H33F3N4O3. The summed E-state index contributed by atoms with van der Waals surface area (Å²) in [6.45, 7) is 5.54. The molecule has 0 bridgehead atoms. The number of anilines is 2. The number of nitrogens with two attached hydrogens (primary N) is 1. The molecule has 1 aliphatic heterocycles. The van der Waals surface area contributed by atoms with Crippen LogP contribution in [0.1, 0.15) is 38.7 Å². The molecule has 1 saturated heterocycles. The number of nitrogens with one attached hydrogen (secondary N) is 1. The average Bonchev–Trinajstić information content (AvgIpc) is 2.70. The maximum absolute atomic E-state index is 13.8. The van der Waals surface area contributed by atoms with E-state index in [4.69, 9.17) is 10.5 Å². The van der Waals surface area contributed by atoms with E-state index < -0.39 is 29.6 Å². The first kappa shape index (κ1) is 25.5. The predicted octanol–water partition coefficient (Wildman–Crippen LogP) is 3.09. The number of nitrogens with zero attached hydrogens (tertiary/aromatic N) is 2. The summed E-state index contributed by atoms with van der Waals surface area (Å²) < 4.78 is 46.5. The number of benzene rings is 1. The molecule has 33 heavy (non-hydrogen) atoms. The normalized spacial score (nSPS) is 18.5. The van der Waals surface area contributed by atoms with Gasteiger partial charge < -0.3 is 20.7 Å². The van der Waals surface area contributed by atoms with Gasteiger partial charge in [-0.3, -0.25) is 14.5 Å². The minimum absolute atomic E-state index is 0.0170. The van der Waals surface area contributed by atoms with Crippen LogP contribution in [0, 0.1) is 11.8 Å². The van der Waals surface area contributed by atoms with E-state index in [2.05, 4.69) is 24.1 Å². The number of halogens is 3. The van der Waals surface area contributed by atoms with Crippen molar-refractivity contribution >= 4 is 23.2 Å². The van der Waals surface area contributed by atoms with Gasteiger partial charge in [-0.15, -0.1) is 0 Å². The molecule has 1 heterocycles. The van der Waals surface area contributed by atoms with Gasteiger partial charge in [0.1, 0.15) is 12.6 Å². The van der Waals surface area contributed by atoms with Crippen molar-refractivity contribution in [3.63, 3.8) is 0 Å². The van der Waals surface area contributed by atoms with Crippen molar-refractivity contribution in [2.45, 2.75) is 45.3 Å². The number of hydrogen-bond acceptors (Lipinski definition) is 5. The molecule has 1 saturated carbocycles. The van der Waals surface area contributed by atoms with Crippen LogP contribution in [-0.4, -0.2) is 62.1 Å². The zero-order chi connectivity index (χ0) is 24.2. The van der Waals surface area contributed by atoms with Crippen LogP contribution in [0.2, 0.25) is 0 Å². The van der Waals surface area contributed by atoms with Crippen LogP contribution in [0.25, 0.3) is 0 Å². The second-order valence-corrected chi connectivity index (χ2v) is 9.21. The Morgan fingerprint density at radius 2 is 2.06 bits per heavy atom. The van der Waals surface area contributed by atoms with Crippen molar-refractivity contribution in [1.82, 2.24) is 4.90 Å². The summed E-state index contributed by atoms with van der Waals surface area (Å²) in [5.74, 6) is -0.130. The maximum atomic E-state index is 13.8. The Kier molecular flexibility index (Phi) is 8.36. The third-order valence-electron chi connectivity index (χ3n) is 6.13. The van der Waals surface area contributed by atoms with Crippen molar-refractivity contribution in [3.8, 4) is 0 Å². The highest BCUT2D eigenvalue weighted by atomic mass is 19.4. The fourth-order valence-electron chi connectivity index (χ4n) is 4.30. The van der Waals surface area contributed by atoms with Gasteiger partial charge >= 0.3 is 6.18 Å². The van der Waals surface area contributed by atoms with Gasteiger partial charge in [-0.2, -0.15) is 13.2 Å². The molecule has 1 aromatic carbocycles. The highest BCUT2D eigenvalue weighted by Crippen LogP contribution is 2.39. The molecule has 2 amide bonds. The molecule has 0 spiro atoms. The van der Waals surface area contributed by atoms with Crippen molar-refractivity contribution in [2.75, 3.05) is 49.6 Å². The van der Waals surface area contributed by atoms with E-state index in [0.717, 1.165) is 30.4 Å². The fraction of sp³-hybridized carbons (Fsp3) is 0.652. The van der Waals surface area contributed by atoms with Crippen LogP contribution >= 0.6 is 0 Å². The smallest absolute Gasteiger partial charge is 0.370 e. The van der Waals surface area contributed by atoms with Crippen molar-refractivity contribution in [1.29, 1.82) is 0 Å². The number of alkyl halides is 3. The number of rotatable bonds is 9. The number of amides is 2. The molecule has 1 atom stereocenters. The fourth-order valence-corrected chi connectivity index (χ4v) is 4.30. The Labute approximate surface area is 192 Å². The lowest BCUT2D eigenvalue weighted by Gasteiger charge is -2.37. The van der Waals surface area contributed by atoms with Gasteiger partial charge in [0.05, 0.1) is 17.9 Å². The first-order valence-corrected chi connectivity index (χ1v) is 11.4. The maximum Gasteiger partial charge on any atom is 0.418 e. The Bertz CT molecular complexity index is 843.